The number of benzene rings is 2. The molecule has 9 heteroatoms. The Morgan fingerprint density at radius 3 is 2.58 bits per heavy atom. The summed E-state index contributed by atoms with van der Waals surface area (Å²) in [5.41, 5.74) is 3.05. The van der Waals surface area contributed by atoms with Crippen LogP contribution in [0.4, 0.5) is 0 Å². The molecule has 2 heterocycles. The number of carbonyl (C=O) groups is 1. The molecule has 1 aliphatic rings. The third kappa shape index (κ3) is 3.99. The summed E-state index contributed by atoms with van der Waals surface area (Å²) in [6, 6.07) is 13.9. The number of aryl methyl sites for hydroxylation is 3. The van der Waals surface area contributed by atoms with Crippen molar-refractivity contribution < 1.29 is 17.9 Å². The first-order valence-electron chi connectivity index (χ1n) is 11.5. The number of hydrogen-bond donors (Lipinski definition) is 1. The fourth-order valence-electron chi connectivity index (χ4n) is 4.84. The molecule has 0 spiro atoms. The molecule has 1 amide bonds. The molecule has 1 saturated carbocycles. The summed E-state index contributed by atoms with van der Waals surface area (Å²) in [6.07, 6.45) is 3.65. The third-order valence-corrected chi connectivity index (χ3v) is 8.07. The second kappa shape index (κ2) is 8.67. The summed E-state index contributed by atoms with van der Waals surface area (Å²) in [7, 11) is -2.68. The normalized spacial score (nSPS) is 19.2. The molecule has 2 aromatic heterocycles. The fraction of sp³-hybridized carbons (Fsp3) is 0.259. The number of hydrogen-bond acceptors (Lipinski definition) is 7. The van der Waals surface area contributed by atoms with Crippen LogP contribution in [0.1, 0.15) is 40.5 Å². The molecule has 1 N–H and O–H groups in total. The van der Waals surface area contributed by atoms with Crippen LogP contribution in [0, 0.1) is 20.8 Å². The molecule has 8 nitrogen and oxygen atoms in total. The molecule has 0 saturated heterocycles. The molecule has 4 aromatic rings. The molecule has 1 fully saturated rings. The summed E-state index contributed by atoms with van der Waals surface area (Å²) < 4.78 is 35.1. The van der Waals surface area contributed by atoms with E-state index in [0.29, 0.717) is 34.3 Å². The minimum Gasteiger partial charge on any atom is -0.496 e. The van der Waals surface area contributed by atoms with E-state index in [9.17, 15) is 13.2 Å². The summed E-state index contributed by atoms with van der Waals surface area (Å²) in [5.74, 6) is -0.467. The van der Waals surface area contributed by atoms with Crippen molar-refractivity contribution >= 4 is 26.8 Å². The van der Waals surface area contributed by atoms with Gasteiger partial charge in [-0.25, -0.2) is 13.1 Å². The second-order valence-electron chi connectivity index (χ2n) is 9.23. The highest BCUT2D eigenvalue weighted by Crippen LogP contribution is 2.62. The highest BCUT2D eigenvalue weighted by Gasteiger charge is 2.64. The van der Waals surface area contributed by atoms with Crippen molar-refractivity contribution in [2.24, 2.45) is 0 Å². The number of sulfonamides is 1. The maximum absolute atomic E-state index is 13.9. The highest BCUT2D eigenvalue weighted by atomic mass is 32.2. The zero-order chi connectivity index (χ0) is 25.7. The van der Waals surface area contributed by atoms with Crippen molar-refractivity contribution in [2.75, 3.05) is 7.11 Å². The molecular weight excluding hydrogens is 476 g/mol. The molecule has 0 unspecified atom stereocenters. The van der Waals surface area contributed by atoms with E-state index in [-0.39, 0.29) is 10.8 Å². The molecule has 0 radical (unpaired) electrons. The summed E-state index contributed by atoms with van der Waals surface area (Å²) in [4.78, 5) is 27.2. The average molecular weight is 503 g/mol. The largest absolute Gasteiger partial charge is 0.496 e. The Morgan fingerprint density at radius 1 is 1.03 bits per heavy atom. The Labute approximate surface area is 209 Å². The third-order valence-electron chi connectivity index (χ3n) is 6.68. The number of carbonyl (C=O) groups excluding carboxylic acids is 1. The number of ether oxygens (including phenoxy) is 1. The molecule has 5 rings (SSSR count). The van der Waals surface area contributed by atoms with Crippen LogP contribution in [0.25, 0.3) is 10.9 Å². The van der Waals surface area contributed by atoms with Gasteiger partial charge in [-0.1, -0.05) is 23.8 Å². The van der Waals surface area contributed by atoms with Crippen molar-refractivity contribution in [1.82, 2.24) is 19.7 Å². The van der Waals surface area contributed by atoms with Crippen LogP contribution < -0.4 is 9.46 Å². The maximum atomic E-state index is 13.9. The quantitative estimate of drug-likeness (QED) is 0.426. The van der Waals surface area contributed by atoms with E-state index in [0.717, 1.165) is 17.0 Å². The van der Waals surface area contributed by atoms with E-state index in [1.165, 1.54) is 13.2 Å². The van der Waals surface area contributed by atoms with Crippen molar-refractivity contribution in [3.05, 3.63) is 89.1 Å². The van der Waals surface area contributed by atoms with Gasteiger partial charge in [-0.15, -0.1) is 0 Å². The second-order valence-corrected chi connectivity index (χ2v) is 10.9. The molecule has 0 bridgehead atoms. The van der Waals surface area contributed by atoms with Gasteiger partial charge in [0.05, 0.1) is 34.3 Å². The molecule has 1 aliphatic carbocycles. The lowest BCUT2D eigenvalue weighted by Gasteiger charge is -2.21. The molecule has 36 heavy (non-hydrogen) atoms. The minimum absolute atomic E-state index is 0.000227. The number of aromatic nitrogens is 3. The van der Waals surface area contributed by atoms with Crippen LogP contribution >= 0.6 is 0 Å². The Bertz CT molecular complexity index is 1620. The first-order chi connectivity index (χ1) is 17.2. The van der Waals surface area contributed by atoms with Crippen molar-refractivity contribution in [2.45, 2.75) is 43.4 Å². The number of methoxy groups -OCH3 is 1. The molecular formula is C27H26N4O4S. The number of nitrogens with one attached hydrogen (secondary N) is 1. The van der Waals surface area contributed by atoms with E-state index in [1.807, 2.05) is 32.9 Å². The lowest BCUT2D eigenvalue weighted by Crippen LogP contribution is -2.40. The zero-order valence-corrected chi connectivity index (χ0v) is 21.3. The van der Waals surface area contributed by atoms with Gasteiger partial charge in [-0.05, 0) is 57.5 Å². The van der Waals surface area contributed by atoms with Crippen molar-refractivity contribution in [3.63, 3.8) is 0 Å². The van der Waals surface area contributed by atoms with Crippen LogP contribution in [0.5, 0.6) is 5.75 Å². The average Bonchev–Trinajstić information content (AvgIpc) is 3.60. The van der Waals surface area contributed by atoms with Crippen LogP contribution in [0.15, 0.2) is 65.8 Å². The van der Waals surface area contributed by atoms with E-state index in [1.54, 1.807) is 42.7 Å². The van der Waals surface area contributed by atoms with Gasteiger partial charge in [-0.2, -0.15) is 0 Å². The predicted molar refractivity (Wildman–Crippen MR) is 135 cm³/mol. The Kier molecular flexibility index (Phi) is 5.75. The fourth-order valence-corrected chi connectivity index (χ4v) is 6.10. The van der Waals surface area contributed by atoms with Gasteiger partial charge in [0, 0.05) is 35.0 Å². The maximum Gasteiger partial charge on any atom is 0.264 e. The van der Waals surface area contributed by atoms with Gasteiger partial charge in [0.2, 0.25) is 5.91 Å². The van der Waals surface area contributed by atoms with E-state index >= 15 is 0 Å². The molecule has 2 atom stereocenters. The zero-order valence-electron chi connectivity index (χ0n) is 20.4. The van der Waals surface area contributed by atoms with Crippen molar-refractivity contribution in [3.8, 4) is 5.75 Å². The Morgan fingerprint density at radius 2 is 1.83 bits per heavy atom. The number of rotatable bonds is 6. The van der Waals surface area contributed by atoms with Gasteiger partial charge in [0.25, 0.3) is 10.0 Å². The number of pyridine rings is 1. The number of fused-ring (bicyclic) bond motifs is 1. The topological polar surface area (TPSA) is 111 Å². The Hall–Kier alpha value is -3.85. The lowest BCUT2D eigenvalue weighted by atomic mass is 9.89. The first kappa shape index (κ1) is 23.9. The van der Waals surface area contributed by atoms with Gasteiger partial charge in [0.15, 0.2) is 0 Å². The van der Waals surface area contributed by atoms with Gasteiger partial charge in [-0.3, -0.25) is 19.7 Å². The van der Waals surface area contributed by atoms with Crippen LogP contribution in [-0.4, -0.2) is 36.4 Å². The highest BCUT2D eigenvalue weighted by molar-refractivity contribution is 7.90. The van der Waals surface area contributed by atoms with E-state index in [4.69, 9.17) is 4.74 Å². The smallest absolute Gasteiger partial charge is 0.264 e. The van der Waals surface area contributed by atoms with E-state index in [2.05, 4.69) is 19.7 Å². The Balaban J connectivity index is 1.60. The number of nitrogens with zero attached hydrogens (tertiary/aromatic N) is 3. The van der Waals surface area contributed by atoms with E-state index < -0.39 is 21.3 Å². The summed E-state index contributed by atoms with van der Waals surface area (Å²) >= 11 is 0. The van der Waals surface area contributed by atoms with Crippen LogP contribution in [-0.2, 0) is 20.2 Å². The molecule has 2 aromatic carbocycles. The van der Waals surface area contributed by atoms with Gasteiger partial charge >= 0.3 is 0 Å². The number of amides is 1. The first-order valence-corrected chi connectivity index (χ1v) is 13.0. The molecule has 0 aliphatic heterocycles. The minimum atomic E-state index is -4.21. The van der Waals surface area contributed by atoms with Gasteiger partial charge < -0.3 is 4.74 Å². The molecule has 184 valence electrons. The van der Waals surface area contributed by atoms with Crippen LogP contribution in [0.2, 0.25) is 0 Å². The van der Waals surface area contributed by atoms with Crippen molar-refractivity contribution in [1.29, 1.82) is 0 Å². The van der Waals surface area contributed by atoms with Gasteiger partial charge in [0.1, 0.15) is 5.75 Å². The standard InChI is InChI=1S/C27H26N4O4S/c1-16-8-11-24(35-4)20(12-16)27(13-21(27)23-15-28-14-18(3)30-23)26(32)31-36(33,34)25-7-5-6-22-19(25)10-9-17(2)29-22/h5-12,14-15,21H,13H2,1-4H3,(H,31,32)/t21-,27-/m1/s1. The van der Waals surface area contributed by atoms with Crippen LogP contribution in [0.3, 0.4) is 0 Å². The predicted octanol–water partition coefficient (Wildman–Crippen LogP) is 3.89. The summed E-state index contributed by atoms with van der Waals surface area (Å²) in [5, 5.41) is 0.447. The summed E-state index contributed by atoms with van der Waals surface area (Å²) in [6.45, 7) is 5.58. The monoisotopic (exact) mass is 502 g/mol. The lowest BCUT2D eigenvalue weighted by molar-refractivity contribution is -0.122. The SMILES string of the molecule is COc1ccc(C)cc1[C@]1(C(=O)NS(=O)(=O)c2cccc3nc(C)ccc23)C[C@@H]1c1cncc(C)n1.